The van der Waals surface area contributed by atoms with Crippen LogP contribution in [0, 0.1) is 6.92 Å². The summed E-state index contributed by atoms with van der Waals surface area (Å²) in [7, 11) is 1.93. The Morgan fingerprint density at radius 3 is 2.82 bits per heavy atom. The monoisotopic (exact) mass is 290 g/mol. The van der Waals surface area contributed by atoms with E-state index in [0.717, 1.165) is 39.2 Å². The van der Waals surface area contributed by atoms with Gasteiger partial charge < -0.3 is 0 Å². The molecule has 4 aromatic rings. The number of rotatable bonds is 2. The summed E-state index contributed by atoms with van der Waals surface area (Å²) in [6.07, 6.45) is 5.38. The van der Waals surface area contributed by atoms with Crippen molar-refractivity contribution in [2.75, 3.05) is 0 Å². The molecule has 0 saturated carbocycles. The summed E-state index contributed by atoms with van der Waals surface area (Å²) in [6, 6.07) is 7.94. The van der Waals surface area contributed by atoms with Gasteiger partial charge in [0.25, 0.3) is 0 Å². The average Bonchev–Trinajstić information content (AvgIpc) is 3.17. The highest BCUT2D eigenvalue weighted by atomic mass is 15.3. The van der Waals surface area contributed by atoms with Crippen molar-refractivity contribution in [1.82, 2.24) is 29.9 Å². The predicted molar refractivity (Wildman–Crippen MR) is 84.1 cm³/mol. The van der Waals surface area contributed by atoms with Crippen LogP contribution in [0.2, 0.25) is 0 Å². The van der Waals surface area contributed by atoms with Gasteiger partial charge in [0.05, 0.1) is 23.0 Å². The molecule has 4 rings (SSSR count). The summed E-state index contributed by atoms with van der Waals surface area (Å²) in [5.74, 6) is 0. The standard InChI is InChI=1S/C16H14N6/c1-10-15-12(13-5-3-4-6-17-13)7-14(11-8-18-19-9-11)20-16(15)21-22(10)2/h3-9H,1-2H3,(H,18,19). The predicted octanol–water partition coefficient (Wildman–Crippen LogP) is 2.73. The van der Waals surface area contributed by atoms with Gasteiger partial charge in [-0.3, -0.25) is 14.8 Å². The van der Waals surface area contributed by atoms with E-state index >= 15 is 0 Å². The van der Waals surface area contributed by atoms with Crippen LogP contribution in [0.3, 0.4) is 0 Å². The molecule has 22 heavy (non-hydrogen) atoms. The van der Waals surface area contributed by atoms with Crippen molar-refractivity contribution in [3.8, 4) is 22.5 Å². The molecular formula is C16H14N6. The van der Waals surface area contributed by atoms with Gasteiger partial charge in [0.1, 0.15) is 0 Å². The normalized spacial score (nSPS) is 11.2. The third-order valence-corrected chi connectivity index (χ3v) is 3.83. The zero-order valence-corrected chi connectivity index (χ0v) is 12.3. The van der Waals surface area contributed by atoms with E-state index in [0.29, 0.717) is 0 Å². The number of pyridine rings is 2. The molecule has 0 unspecified atom stereocenters. The first kappa shape index (κ1) is 12.7. The Kier molecular flexibility index (Phi) is 2.75. The Labute approximate surface area is 126 Å². The fraction of sp³-hybridized carbons (Fsp3) is 0.125. The second-order valence-electron chi connectivity index (χ2n) is 5.16. The van der Waals surface area contributed by atoms with Gasteiger partial charge in [-0.2, -0.15) is 10.2 Å². The number of aryl methyl sites for hydroxylation is 2. The number of hydrogen-bond donors (Lipinski definition) is 1. The maximum atomic E-state index is 4.67. The van der Waals surface area contributed by atoms with Crippen LogP contribution in [-0.4, -0.2) is 29.9 Å². The van der Waals surface area contributed by atoms with Crippen molar-refractivity contribution in [2.24, 2.45) is 7.05 Å². The van der Waals surface area contributed by atoms with E-state index in [1.54, 1.807) is 12.4 Å². The van der Waals surface area contributed by atoms with Gasteiger partial charge in [-0.25, -0.2) is 4.98 Å². The van der Waals surface area contributed by atoms with Crippen molar-refractivity contribution in [3.05, 3.63) is 48.5 Å². The van der Waals surface area contributed by atoms with Gasteiger partial charge in [0, 0.05) is 36.3 Å². The highest BCUT2D eigenvalue weighted by Crippen LogP contribution is 2.32. The zero-order chi connectivity index (χ0) is 15.1. The summed E-state index contributed by atoms with van der Waals surface area (Å²) >= 11 is 0. The first-order valence-corrected chi connectivity index (χ1v) is 6.99. The molecule has 0 radical (unpaired) electrons. The third-order valence-electron chi connectivity index (χ3n) is 3.83. The minimum atomic E-state index is 0.722. The summed E-state index contributed by atoms with van der Waals surface area (Å²) in [5.41, 5.74) is 5.51. The Morgan fingerprint density at radius 1 is 1.18 bits per heavy atom. The van der Waals surface area contributed by atoms with Crippen molar-refractivity contribution < 1.29 is 0 Å². The second kappa shape index (κ2) is 4.77. The fourth-order valence-electron chi connectivity index (χ4n) is 2.60. The van der Waals surface area contributed by atoms with E-state index in [1.165, 1.54) is 0 Å². The quantitative estimate of drug-likeness (QED) is 0.616. The molecule has 6 nitrogen and oxygen atoms in total. The molecule has 0 amide bonds. The van der Waals surface area contributed by atoms with E-state index in [-0.39, 0.29) is 0 Å². The highest BCUT2D eigenvalue weighted by Gasteiger charge is 2.16. The van der Waals surface area contributed by atoms with Gasteiger partial charge >= 0.3 is 0 Å². The second-order valence-corrected chi connectivity index (χ2v) is 5.16. The highest BCUT2D eigenvalue weighted by molar-refractivity contribution is 5.95. The fourth-order valence-corrected chi connectivity index (χ4v) is 2.60. The average molecular weight is 290 g/mol. The summed E-state index contributed by atoms with van der Waals surface area (Å²) < 4.78 is 1.85. The van der Waals surface area contributed by atoms with Crippen LogP contribution in [0.25, 0.3) is 33.5 Å². The molecular weight excluding hydrogens is 276 g/mol. The van der Waals surface area contributed by atoms with Crippen LogP contribution in [0.15, 0.2) is 42.9 Å². The molecule has 0 saturated heterocycles. The number of aromatic nitrogens is 6. The van der Waals surface area contributed by atoms with Gasteiger partial charge in [0.2, 0.25) is 0 Å². The molecule has 0 fully saturated rings. The molecule has 0 aliphatic rings. The molecule has 6 heteroatoms. The molecule has 1 N–H and O–H groups in total. The van der Waals surface area contributed by atoms with Crippen LogP contribution >= 0.6 is 0 Å². The molecule has 0 atom stereocenters. The SMILES string of the molecule is Cc1c2c(-c3ccccn3)cc(-c3cn[nH]c3)nc2nn1C. The largest absolute Gasteiger partial charge is 0.285 e. The number of hydrogen-bond acceptors (Lipinski definition) is 4. The number of fused-ring (bicyclic) bond motifs is 1. The Balaban J connectivity index is 2.08. The molecule has 0 aliphatic carbocycles. The van der Waals surface area contributed by atoms with Gasteiger partial charge in [-0.15, -0.1) is 0 Å². The van der Waals surface area contributed by atoms with E-state index < -0.39 is 0 Å². The van der Waals surface area contributed by atoms with Gasteiger partial charge in [0.15, 0.2) is 5.65 Å². The number of nitrogens with zero attached hydrogens (tertiary/aromatic N) is 5. The third kappa shape index (κ3) is 1.88. The number of nitrogens with one attached hydrogen (secondary N) is 1. The van der Waals surface area contributed by atoms with E-state index in [4.69, 9.17) is 0 Å². The van der Waals surface area contributed by atoms with Crippen LogP contribution in [-0.2, 0) is 7.05 Å². The molecule has 0 spiro atoms. The van der Waals surface area contributed by atoms with Crippen LogP contribution < -0.4 is 0 Å². The molecule has 108 valence electrons. The van der Waals surface area contributed by atoms with Crippen LogP contribution in [0.5, 0.6) is 0 Å². The van der Waals surface area contributed by atoms with Crippen molar-refractivity contribution in [1.29, 1.82) is 0 Å². The molecule has 0 bridgehead atoms. The number of H-pyrrole nitrogens is 1. The van der Waals surface area contributed by atoms with Crippen LogP contribution in [0.4, 0.5) is 0 Å². The summed E-state index contributed by atoms with van der Waals surface area (Å²) in [6.45, 7) is 2.04. The lowest BCUT2D eigenvalue weighted by molar-refractivity contribution is 0.748. The zero-order valence-electron chi connectivity index (χ0n) is 12.3. The Bertz CT molecular complexity index is 938. The Hall–Kier alpha value is -3.02. The molecule has 4 aromatic heterocycles. The molecule has 0 aliphatic heterocycles. The maximum absolute atomic E-state index is 4.67. The first-order valence-electron chi connectivity index (χ1n) is 6.99. The first-order chi connectivity index (χ1) is 10.7. The summed E-state index contributed by atoms with van der Waals surface area (Å²) in [5, 5.41) is 12.4. The minimum Gasteiger partial charge on any atom is -0.285 e. The molecule has 4 heterocycles. The van der Waals surface area contributed by atoms with E-state index in [1.807, 2.05) is 49.1 Å². The van der Waals surface area contributed by atoms with E-state index in [9.17, 15) is 0 Å². The maximum Gasteiger partial charge on any atom is 0.182 e. The topological polar surface area (TPSA) is 72.3 Å². The van der Waals surface area contributed by atoms with Gasteiger partial charge in [-0.05, 0) is 25.1 Å². The van der Waals surface area contributed by atoms with E-state index in [2.05, 4.69) is 25.3 Å². The lowest BCUT2D eigenvalue weighted by Gasteiger charge is -2.06. The number of aromatic amines is 1. The van der Waals surface area contributed by atoms with Gasteiger partial charge in [-0.1, -0.05) is 6.07 Å². The van der Waals surface area contributed by atoms with Crippen molar-refractivity contribution in [3.63, 3.8) is 0 Å². The molecule has 0 aromatic carbocycles. The van der Waals surface area contributed by atoms with Crippen molar-refractivity contribution in [2.45, 2.75) is 6.92 Å². The van der Waals surface area contributed by atoms with Crippen molar-refractivity contribution >= 4 is 11.0 Å². The van der Waals surface area contributed by atoms with Crippen LogP contribution in [0.1, 0.15) is 5.69 Å². The minimum absolute atomic E-state index is 0.722. The summed E-state index contributed by atoms with van der Waals surface area (Å²) in [4.78, 5) is 9.15. The lowest BCUT2D eigenvalue weighted by Crippen LogP contribution is -1.92. The Morgan fingerprint density at radius 2 is 2.09 bits per heavy atom. The lowest BCUT2D eigenvalue weighted by atomic mass is 10.0. The smallest absolute Gasteiger partial charge is 0.182 e.